The molecule has 4 heteroatoms. The highest BCUT2D eigenvalue weighted by Crippen LogP contribution is 2.48. The van der Waals surface area contributed by atoms with Gasteiger partial charge in [-0.25, -0.2) is 0 Å². The second-order valence-corrected chi connectivity index (χ2v) is 5.54. The van der Waals surface area contributed by atoms with Crippen LogP contribution < -0.4 is 5.73 Å². The minimum atomic E-state index is 0.0845. The van der Waals surface area contributed by atoms with Crippen LogP contribution in [0.3, 0.4) is 0 Å². The van der Waals surface area contributed by atoms with Crippen molar-refractivity contribution in [2.45, 2.75) is 31.7 Å². The van der Waals surface area contributed by atoms with Gasteiger partial charge in [0.2, 0.25) is 5.91 Å². The molecule has 2 saturated carbocycles. The van der Waals surface area contributed by atoms with Crippen LogP contribution in [0.15, 0.2) is 0 Å². The van der Waals surface area contributed by atoms with Gasteiger partial charge in [0, 0.05) is 33.4 Å². The number of carbonyl (C=O) groups excluding carboxylic acids is 1. The fraction of sp³-hybridized carbons (Fsp3) is 0.923. The highest BCUT2D eigenvalue weighted by molar-refractivity contribution is 5.80. The molecule has 1 amide bonds. The summed E-state index contributed by atoms with van der Waals surface area (Å²) in [5.41, 5.74) is 6.19. The lowest BCUT2D eigenvalue weighted by Crippen LogP contribution is -2.46. The second-order valence-electron chi connectivity index (χ2n) is 5.54. The molecule has 2 rings (SSSR count). The fourth-order valence-corrected chi connectivity index (χ4v) is 3.51. The third-order valence-corrected chi connectivity index (χ3v) is 4.48. The molecule has 0 heterocycles. The maximum atomic E-state index is 12.3. The van der Waals surface area contributed by atoms with E-state index in [1.165, 1.54) is 19.3 Å². The van der Waals surface area contributed by atoms with E-state index >= 15 is 0 Å². The van der Waals surface area contributed by atoms with Gasteiger partial charge < -0.3 is 15.4 Å². The maximum absolute atomic E-state index is 12.3. The Labute approximate surface area is 103 Å². The number of hydrogen-bond acceptors (Lipinski definition) is 3. The molecule has 2 aliphatic rings. The first-order valence-corrected chi connectivity index (χ1v) is 6.64. The van der Waals surface area contributed by atoms with Gasteiger partial charge in [-0.15, -0.1) is 0 Å². The molecule has 4 atom stereocenters. The molecule has 2 bridgehead atoms. The lowest BCUT2D eigenvalue weighted by atomic mass is 9.84. The van der Waals surface area contributed by atoms with E-state index in [0.717, 1.165) is 13.0 Å². The van der Waals surface area contributed by atoms with Crippen molar-refractivity contribution >= 4 is 5.91 Å². The van der Waals surface area contributed by atoms with Crippen LogP contribution in [0.25, 0.3) is 0 Å². The number of fused-ring (bicyclic) bond motifs is 2. The van der Waals surface area contributed by atoms with Crippen molar-refractivity contribution in [3.63, 3.8) is 0 Å². The molecule has 17 heavy (non-hydrogen) atoms. The van der Waals surface area contributed by atoms with E-state index in [0.29, 0.717) is 18.4 Å². The predicted molar refractivity (Wildman–Crippen MR) is 66.4 cm³/mol. The van der Waals surface area contributed by atoms with E-state index in [9.17, 15) is 4.79 Å². The van der Waals surface area contributed by atoms with E-state index in [2.05, 4.69) is 0 Å². The van der Waals surface area contributed by atoms with Crippen molar-refractivity contribution in [1.82, 2.24) is 4.90 Å². The standard InChI is InChI=1S/C13H24N2O2/c1-15(6-3-7-17-2)13(16)11-9-4-5-10(8-9)12(11)14/h9-12H,3-8,14H2,1-2H3. The lowest BCUT2D eigenvalue weighted by molar-refractivity contribution is -0.136. The summed E-state index contributed by atoms with van der Waals surface area (Å²) in [6.45, 7) is 1.48. The topological polar surface area (TPSA) is 55.6 Å². The van der Waals surface area contributed by atoms with Crippen LogP contribution in [0.2, 0.25) is 0 Å². The van der Waals surface area contributed by atoms with Gasteiger partial charge in [0.05, 0.1) is 5.92 Å². The Morgan fingerprint density at radius 2 is 2.12 bits per heavy atom. The third-order valence-electron chi connectivity index (χ3n) is 4.48. The van der Waals surface area contributed by atoms with E-state index in [4.69, 9.17) is 10.5 Å². The summed E-state index contributed by atoms with van der Waals surface area (Å²) >= 11 is 0. The number of methoxy groups -OCH3 is 1. The summed E-state index contributed by atoms with van der Waals surface area (Å²) in [7, 11) is 3.57. The molecule has 0 radical (unpaired) electrons. The minimum Gasteiger partial charge on any atom is -0.385 e. The highest BCUT2D eigenvalue weighted by atomic mass is 16.5. The van der Waals surface area contributed by atoms with Gasteiger partial charge in [-0.1, -0.05) is 0 Å². The summed E-state index contributed by atoms with van der Waals surface area (Å²) < 4.78 is 5.01. The van der Waals surface area contributed by atoms with E-state index in [-0.39, 0.29) is 17.9 Å². The third kappa shape index (κ3) is 2.47. The fourth-order valence-electron chi connectivity index (χ4n) is 3.51. The van der Waals surface area contributed by atoms with Crippen molar-refractivity contribution in [3.8, 4) is 0 Å². The molecule has 4 nitrogen and oxygen atoms in total. The zero-order valence-electron chi connectivity index (χ0n) is 10.9. The summed E-state index contributed by atoms with van der Waals surface area (Å²) in [5, 5.41) is 0. The van der Waals surface area contributed by atoms with Crippen molar-refractivity contribution in [1.29, 1.82) is 0 Å². The predicted octanol–water partition coefficient (Wildman–Crippen LogP) is 0.855. The normalized spacial score (nSPS) is 35.2. The monoisotopic (exact) mass is 240 g/mol. The molecular weight excluding hydrogens is 216 g/mol. The van der Waals surface area contributed by atoms with E-state index < -0.39 is 0 Å². The minimum absolute atomic E-state index is 0.0845. The number of carbonyl (C=O) groups is 1. The van der Waals surface area contributed by atoms with Crippen molar-refractivity contribution in [2.75, 3.05) is 27.3 Å². The van der Waals surface area contributed by atoms with Gasteiger partial charge in [-0.2, -0.15) is 0 Å². The molecule has 0 aliphatic heterocycles. The summed E-state index contributed by atoms with van der Waals surface area (Å²) in [6.07, 6.45) is 4.49. The Kier molecular flexibility index (Phi) is 4.05. The molecular formula is C13H24N2O2. The molecule has 0 spiro atoms. The Balaban J connectivity index is 1.87. The Morgan fingerprint density at radius 3 is 2.71 bits per heavy atom. The van der Waals surface area contributed by atoms with Crippen LogP contribution in [0.1, 0.15) is 25.7 Å². The van der Waals surface area contributed by atoms with Crippen LogP contribution in [0, 0.1) is 17.8 Å². The molecule has 0 aromatic carbocycles. The number of hydrogen-bond donors (Lipinski definition) is 1. The molecule has 2 fully saturated rings. The number of ether oxygens (including phenoxy) is 1. The average molecular weight is 240 g/mol. The first kappa shape index (κ1) is 12.8. The molecule has 2 N–H and O–H groups in total. The van der Waals surface area contributed by atoms with E-state index in [1.54, 1.807) is 7.11 Å². The summed E-state index contributed by atoms with van der Waals surface area (Å²) in [5.74, 6) is 1.48. The maximum Gasteiger partial charge on any atom is 0.227 e. The Morgan fingerprint density at radius 1 is 1.41 bits per heavy atom. The highest BCUT2D eigenvalue weighted by Gasteiger charge is 2.49. The lowest BCUT2D eigenvalue weighted by Gasteiger charge is -2.30. The molecule has 2 aliphatic carbocycles. The van der Waals surface area contributed by atoms with Crippen molar-refractivity contribution in [3.05, 3.63) is 0 Å². The quantitative estimate of drug-likeness (QED) is 0.725. The van der Waals surface area contributed by atoms with Crippen LogP contribution >= 0.6 is 0 Å². The van der Waals surface area contributed by atoms with Gasteiger partial charge in [-0.3, -0.25) is 4.79 Å². The molecule has 98 valence electrons. The molecule has 0 aromatic heterocycles. The van der Waals surface area contributed by atoms with Gasteiger partial charge >= 0.3 is 0 Å². The van der Waals surface area contributed by atoms with Gasteiger partial charge in [0.15, 0.2) is 0 Å². The van der Waals surface area contributed by atoms with Crippen molar-refractivity contribution < 1.29 is 9.53 Å². The van der Waals surface area contributed by atoms with Crippen LogP contribution in [0.5, 0.6) is 0 Å². The number of nitrogens with zero attached hydrogens (tertiary/aromatic N) is 1. The number of rotatable bonds is 5. The second kappa shape index (κ2) is 5.36. The first-order chi connectivity index (χ1) is 8.15. The smallest absolute Gasteiger partial charge is 0.227 e. The van der Waals surface area contributed by atoms with Gasteiger partial charge in [0.1, 0.15) is 0 Å². The average Bonchev–Trinajstić information content (AvgIpc) is 2.89. The van der Waals surface area contributed by atoms with Gasteiger partial charge in [0.25, 0.3) is 0 Å². The molecule has 4 unspecified atom stereocenters. The molecule has 0 saturated heterocycles. The Bertz CT molecular complexity index is 281. The van der Waals surface area contributed by atoms with E-state index in [1.807, 2.05) is 11.9 Å². The van der Waals surface area contributed by atoms with Crippen LogP contribution in [-0.4, -0.2) is 44.2 Å². The van der Waals surface area contributed by atoms with Gasteiger partial charge in [-0.05, 0) is 37.5 Å². The number of nitrogens with two attached hydrogens (primary N) is 1. The Hall–Kier alpha value is -0.610. The van der Waals surface area contributed by atoms with Crippen LogP contribution in [-0.2, 0) is 9.53 Å². The number of amides is 1. The van der Waals surface area contributed by atoms with Crippen LogP contribution in [0.4, 0.5) is 0 Å². The first-order valence-electron chi connectivity index (χ1n) is 6.64. The SMILES string of the molecule is COCCCN(C)C(=O)C1C2CCC(C2)C1N. The summed E-state index contributed by atoms with van der Waals surface area (Å²) in [6, 6.07) is 0.103. The largest absolute Gasteiger partial charge is 0.385 e. The zero-order valence-corrected chi connectivity index (χ0v) is 10.9. The van der Waals surface area contributed by atoms with Crippen molar-refractivity contribution in [2.24, 2.45) is 23.5 Å². The summed E-state index contributed by atoms with van der Waals surface area (Å²) in [4.78, 5) is 14.2. The zero-order chi connectivity index (χ0) is 12.4. The molecule has 0 aromatic rings.